The van der Waals surface area contributed by atoms with E-state index in [0.29, 0.717) is 22.8 Å². The average molecular weight is 600 g/mol. The molecule has 0 aromatic heterocycles. The molecule has 0 heterocycles. The highest BCUT2D eigenvalue weighted by atomic mass is 35.5. The summed E-state index contributed by atoms with van der Waals surface area (Å²) in [7, 11) is -2.70. The van der Waals surface area contributed by atoms with Crippen LogP contribution in [0, 0.1) is 6.92 Å². The Morgan fingerprint density at radius 2 is 1.66 bits per heavy atom. The summed E-state index contributed by atoms with van der Waals surface area (Å²) in [5, 5.41) is 3.39. The monoisotopic (exact) mass is 599 g/mol. The number of aryl methyl sites for hydroxylation is 1. The van der Waals surface area contributed by atoms with Crippen LogP contribution in [0.15, 0.2) is 77.7 Å². The molecule has 8 nitrogen and oxygen atoms in total. The van der Waals surface area contributed by atoms with Crippen molar-refractivity contribution in [3.05, 3.63) is 88.9 Å². The molecule has 220 valence electrons. The number of amides is 2. The van der Waals surface area contributed by atoms with Gasteiger partial charge in [-0.25, -0.2) is 8.42 Å². The zero-order valence-corrected chi connectivity index (χ0v) is 25.9. The van der Waals surface area contributed by atoms with Gasteiger partial charge in [0.05, 0.1) is 17.7 Å². The van der Waals surface area contributed by atoms with E-state index >= 15 is 0 Å². The van der Waals surface area contributed by atoms with Gasteiger partial charge in [-0.1, -0.05) is 60.5 Å². The number of hydrogen-bond acceptors (Lipinski definition) is 5. The van der Waals surface area contributed by atoms with E-state index in [1.54, 1.807) is 60.7 Å². The molecule has 0 fully saturated rings. The molecule has 0 radical (unpaired) electrons. The number of carbonyl (C=O) groups excluding carboxylic acids is 2. The number of carbonyl (C=O) groups is 2. The van der Waals surface area contributed by atoms with Crippen LogP contribution < -0.4 is 14.4 Å². The van der Waals surface area contributed by atoms with Crippen molar-refractivity contribution in [2.45, 2.75) is 64.1 Å². The number of ether oxygens (including phenoxy) is 1. The molecule has 1 atom stereocenters. The first kappa shape index (κ1) is 32.0. The van der Waals surface area contributed by atoms with Crippen molar-refractivity contribution in [1.82, 2.24) is 10.2 Å². The molecule has 3 aromatic carbocycles. The zero-order chi connectivity index (χ0) is 30.4. The third-order valence-corrected chi connectivity index (χ3v) is 8.57. The summed E-state index contributed by atoms with van der Waals surface area (Å²) in [6.45, 7) is 8.71. The number of rotatable bonds is 11. The summed E-state index contributed by atoms with van der Waals surface area (Å²) in [5.41, 5.74) is 1.25. The Balaban J connectivity index is 2.10. The van der Waals surface area contributed by atoms with Crippen LogP contribution >= 0.6 is 11.6 Å². The summed E-state index contributed by atoms with van der Waals surface area (Å²) in [6.07, 6.45) is 0.308. The number of benzene rings is 3. The Kier molecular flexibility index (Phi) is 10.4. The van der Waals surface area contributed by atoms with E-state index in [2.05, 4.69) is 5.32 Å². The van der Waals surface area contributed by atoms with Crippen molar-refractivity contribution in [2.75, 3.05) is 18.0 Å². The fourth-order valence-corrected chi connectivity index (χ4v) is 5.92. The van der Waals surface area contributed by atoms with Crippen molar-refractivity contribution in [2.24, 2.45) is 0 Å². The number of halogens is 1. The van der Waals surface area contributed by atoms with Gasteiger partial charge in [-0.15, -0.1) is 0 Å². The first-order chi connectivity index (χ1) is 19.3. The van der Waals surface area contributed by atoms with E-state index < -0.39 is 34.1 Å². The highest BCUT2D eigenvalue weighted by molar-refractivity contribution is 7.92. The first-order valence-corrected chi connectivity index (χ1v) is 15.2. The first-order valence-electron chi connectivity index (χ1n) is 13.3. The van der Waals surface area contributed by atoms with Gasteiger partial charge in [-0.3, -0.25) is 13.9 Å². The predicted molar refractivity (Wildman–Crippen MR) is 163 cm³/mol. The van der Waals surface area contributed by atoms with Gasteiger partial charge in [0.25, 0.3) is 10.0 Å². The van der Waals surface area contributed by atoms with E-state index in [1.165, 1.54) is 24.1 Å². The van der Waals surface area contributed by atoms with Gasteiger partial charge in [-0.2, -0.15) is 0 Å². The quantitative estimate of drug-likeness (QED) is 0.311. The van der Waals surface area contributed by atoms with E-state index in [4.69, 9.17) is 16.3 Å². The van der Waals surface area contributed by atoms with Crippen molar-refractivity contribution in [1.29, 1.82) is 0 Å². The molecule has 0 saturated carbocycles. The average Bonchev–Trinajstić information content (AvgIpc) is 2.91. The van der Waals surface area contributed by atoms with Gasteiger partial charge >= 0.3 is 0 Å². The van der Waals surface area contributed by atoms with E-state index in [1.807, 2.05) is 34.6 Å². The molecule has 41 heavy (non-hydrogen) atoms. The molecule has 3 rings (SSSR count). The van der Waals surface area contributed by atoms with E-state index in [-0.39, 0.29) is 23.0 Å². The summed E-state index contributed by atoms with van der Waals surface area (Å²) in [4.78, 5) is 29.0. The Hall–Kier alpha value is -3.56. The van der Waals surface area contributed by atoms with Gasteiger partial charge in [0.15, 0.2) is 0 Å². The Labute approximate surface area is 248 Å². The molecule has 0 aliphatic rings. The van der Waals surface area contributed by atoms with Crippen molar-refractivity contribution < 1.29 is 22.7 Å². The minimum Gasteiger partial charge on any atom is -0.497 e. The minimum atomic E-state index is -4.18. The fourth-order valence-electron chi connectivity index (χ4n) is 4.31. The predicted octanol–water partition coefficient (Wildman–Crippen LogP) is 5.57. The maximum Gasteiger partial charge on any atom is 0.264 e. The van der Waals surface area contributed by atoms with Crippen molar-refractivity contribution in [3.63, 3.8) is 0 Å². The largest absolute Gasteiger partial charge is 0.497 e. The SMILES string of the molecule is CC[C@H](C(=O)NC(C)(C)C)N(Cc1ccccc1Cl)C(=O)CN(c1cccc(OC)c1)S(=O)(=O)c1ccc(C)cc1. The molecule has 0 aliphatic heterocycles. The second-order valence-corrected chi connectivity index (χ2v) is 13.1. The number of nitrogens with one attached hydrogen (secondary N) is 1. The fraction of sp³-hybridized carbons (Fsp3) is 0.355. The molecule has 10 heteroatoms. The molecule has 0 spiro atoms. The molecule has 2 amide bonds. The van der Waals surface area contributed by atoms with Crippen LogP contribution in [0.1, 0.15) is 45.2 Å². The number of anilines is 1. The number of sulfonamides is 1. The molecule has 0 saturated heterocycles. The third kappa shape index (κ3) is 8.24. The molecule has 3 aromatic rings. The maximum atomic E-state index is 14.2. The lowest BCUT2D eigenvalue weighted by atomic mass is 10.1. The van der Waals surface area contributed by atoms with Gasteiger partial charge in [0.1, 0.15) is 18.3 Å². The Morgan fingerprint density at radius 3 is 2.24 bits per heavy atom. The lowest BCUT2D eigenvalue weighted by molar-refractivity contribution is -0.141. The Bertz CT molecular complexity index is 1470. The zero-order valence-electron chi connectivity index (χ0n) is 24.3. The summed E-state index contributed by atoms with van der Waals surface area (Å²) in [5.74, 6) is -0.461. The highest BCUT2D eigenvalue weighted by Crippen LogP contribution is 2.28. The molecular weight excluding hydrogens is 562 g/mol. The second kappa shape index (κ2) is 13.4. The smallest absolute Gasteiger partial charge is 0.264 e. The van der Waals surface area contributed by atoms with Crippen LogP contribution in [0.2, 0.25) is 5.02 Å². The molecule has 0 unspecified atom stereocenters. The highest BCUT2D eigenvalue weighted by Gasteiger charge is 2.35. The standard InChI is InChI=1S/C31H38ClN3O5S/c1-7-28(30(37)33-31(3,4)5)34(20-23-11-8-9-14-27(23)32)29(36)21-35(24-12-10-13-25(19-24)40-6)41(38,39)26-17-15-22(2)16-18-26/h8-19,28H,7,20-21H2,1-6H3,(H,33,37)/t28-/m1/s1. The Morgan fingerprint density at radius 1 is 1.00 bits per heavy atom. The summed E-state index contributed by atoms with van der Waals surface area (Å²) in [6, 6.07) is 19.1. The molecule has 0 bridgehead atoms. The normalized spacial score (nSPS) is 12.4. The van der Waals surface area contributed by atoms with Gasteiger partial charge < -0.3 is 15.0 Å². The van der Waals surface area contributed by atoms with Crippen LogP contribution in [-0.2, 0) is 26.2 Å². The van der Waals surface area contributed by atoms with Crippen LogP contribution in [0.25, 0.3) is 0 Å². The van der Waals surface area contributed by atoms with E-state index in [9.17, 15) is 18.0 Å². The van der Waals surface area contributed by atoms with Crippen molar-refractivity contribution in [3.8, 4) is 5.75 Å². The molecular formula is C31H38ClN3O5S. The van der Waals surface area contributed by atoms with Crippen molar-refractivity contribution >= 4 is 39.1 Å². The lowest BCUT2D eigenvalue weighted by Crippen LogP contribution is -2.55. The van der Waals surface area contributed by atoms with Gasteiger partial charge in [0, 0.05) is 23.2 Å². The molecule has 1 N–H and O–H groups in total. The lowest BCUT2D eigenvalue weighted by Gasteiger charge is -2.35. The second-order valence-electron chi connectivity index (χ2n) is 10.8. The molecule has 0 aliphatic carbocycles. The van der Waals surface area contributed by atoms with Crippen LogP contribution in [0.4, 0.5) is 5.69 Å². The maximum absolute atomic E-state index is 14.2. The number of methoxy groups -OCH3 is 1. The van der Waals surface area contributed by atoms with Crippen LogP contribution in [0.5, 0.6) is 5.75 Å². The van der Waals surface area contributed by atoms with Crippen LogP contribution in [-0.4, -0.2) is 50.4 Å². The van der Waals surface area contributed by atoms with Gasteiger partial charge in [0.2, 0.25) is 11.8 Å². The number of nitrogens with zero attached hydrogens (tertiary/aromatic N) is 2. The summed E-state index contributed by atoms with van der Waals surface area (Å²) >= 11 is 6.45. The number of hydrogen-bond donors (Lipinski definition) is 1. The van der Waals surface area contributed by atoms with Crippen LogP contribution in [0.3, 0.4) is 0 Å². The van der Waals surface area contributed by atoms with E-state index in [0.717, 1.165) is 9.87 Å². The third-order valence-electron chi connectivity index (χ3n) is 6.41. The summed E-state index contributed by atoms with van der Waals surface area (Å²) < 4.78 is 34.4. The van der Waals surface area contributed by atoms with Gasteiger partial charge in [-0.05, 0) is 70.0 Å². The topological polar surface area (TPSA) is 96.0 Å². The minimum absolute atomic E-state index is 0.0190.